The van der Waals surface area contributed by atoms with E-state index in [2.05, 4.69) is 46.9 Å². The van der Waals surface area contributed by atoms with Crippen molar-refractivity contribution in [2.24, 2.45) is 0 Å². The monoisotopic (exact) mass is 365 g/mol. The number of hydrogen-bond acceptors (Lipinski definition) is 1. The quantitative estimate of drug-likeness (QED) is 0.587. The second kappa shape index (κ2) is 5.12. The number of hydrogen-bond donors (Lipinski definition) is 0. The Kier molecular flexibility index (Phi) is 3.48. The van der Waals surface area contributed by atoms with Gasteiger partial charge in [0.2, 0.25) is 0 Å². The van der Waals surface area contributed by atoms with Crippen LogP contribution in [0.25, 0.3) is 0 Å². The predicted molar refractivity (Wildman–Crippen MR) is 84.7 cm³/mol. The van der Waals surface area contributed by atoms with Crippen LogP contribution in [-0.4, -0.2) is 10.4 Å². The highest BCUT2D eigenvalue weighted by Gasteiger charge is 2.22. The molecule has 19 heavy (non-hydrogen) atoms. The van der Waals surface area contributed by atoms with Crippen LogP contribution in [0.15, 0.2) is 36.5 Å². The summed E-state index contributed by atoms with van der Waals surface area (Å²) >= 11 is 2.25. The SMILES string of the molecule is CC(=O)c1cc(I)cn1Cc1ccc(C2CC2)cc1. The Bertz CT molecular complexity index is 608. The molecule has 0 saturated heterocycles. The molecule has 0 N–H and O–H groups in total. The van der Waals surface area contributed by atoms with E-state index in [0.717, 1.165) is 21.7 Å². The van der Waals surface area contributed by atoms with Crippen LogP contribution in [0.1, 0.15) is 47.3 Å². The minimum Gasteiger partial charge on any atom is -0.340 e. The number of rotatable bonds is 4. The Hall–Kier alpha value is -1.10. The van der Waals surface area contributed by atoms with Crippen LogP contribution in [-0.2, 0) is 6.54 Å². The van der Waals surface area contributed by atoms with Gasteiger partial charge in [0.15, 0.2) is 5.78 Å². The van der Waals surface area contributed by atoms with Crippen molar-refractivity contribution in [3.8, 4) is 0 Å². The minimum atomic E-state index is 0.123. The summed E-state index contributed by atoms with van der Waals surface area (Å²) in [6.45, 7) is 2.39. The van der Waals surface area contributed by atoms with Crippen LogP contribution < -0.4 is 0 Å². The van der Waals surface area contributed by atoms with Crippen molar-refractivity contribution in [2.45, 2.75) is 32.2 Å². The molecule has 0 amide bonds. The molecular weight excluding hydrogens is 349 g/mol. The molecule has 0 aliphatic heterocycles. The molecule has 0 bridgehead atoms. The molecule has 1 heterocycles. The van der Waals surface area contributed by atoms with Gasteiger partial charge in [0.1, 0.15) is 0 Å². The number of Topliss-reactive ketones (excluding diaryl/α,β-unsaturated/α-hetero) is 1. The maximum absolute atomic E-state index is 11.6. The van der Waals surface area contributed by atoms with Gasteiger partial charge in [-0.25, -0.2) is 0 Å². The Morgan fingerprint density at radius 2 is 2.00 bits per heavy atom. The first-order chi connectivity index (χ1) is 9.13. The highest BCUT2D eigenvalue weighted by Crippen LogP contribution is 2.39. The van der Waals surface area contributed by atoms with Gasteiger partial charge in [-0.3, -0.25) is 4.79 Å². The lowest BCUT2D eigenvalue weighted by atomic mass is 10.1. The maximum atomic E-state index is 11.6. The number of carbonyl (C=O) groups excluding carboxylic acids is 1. The van der Waals surface area contributed by atoms with Gasteiger partial charge in [0.25, 0.3) is 0 Å². The van der Waals surface area contributed by atoms with E-state index in [9.17, 15) is 4.79 Å². The molecule has 1 aromatic carbocycles. The number of nitrogens with zero attached hydrogens (tertiary/aromatic N) is 1. The summed E-state index contributed by atoms with van der Waals surface area (Å²) in [4.78, 5) is 11.6. The van der Waals surface area contributed by atoms with Crippen molar-refractivity contribution in [2.75, 3.05) is 0 Å². The zero-order chi connectivity index (χ0) is 13.4. The van der Waals surface area contributed by atoms with Crippen molar-refractivity contribution in [1.29, 1.82) is 0 Å². The van der Waals surface area contributed by atoms with Crippen molar-refractivity contribution in [3.05, 3.63) is 56.9 Å². The lowest BCUT2D eigenvalue weighted by molar-refractivity contribution is 0.100. The molecule has 1 aliphatic rings. The van der Waals surface area contributed by atoms with E-state index in [1.54, 1.807) is 6.92 Å². The molecule has 1 aromatic heterocycles. The van der Waals surface area contributed by atoms with Gasteiger partial charge in [-0.2, -0.15) is 0 Å². The second-order valence-electron chi connectivity index (χ2n) is 5.24. The number of ketones is 1. The first-order valence-corrected chi connectivity index (χ1v) is 7.67. The van der Waals surface area contributed by atoms with Crippen LogP contribution in [0.5, 0.6) is 0 Å². The predicted octanol–water partition coefficient (Wildman–Crippen LogP) is 4.22. The van der Waals surface area contributed by atoms with Crippen LogP contribution in [0.4, 0.5) is 0 Å². The zero-order valence-electron chi connectivity index (χ0n) is 10.9. The summed E-state index contributed by atoms with van der Waals surface area (Å²) in [5, 5.41) is 0. The van der Waals surface area contributed by atoms with E-state index in [1.807, 2.05) is 16.8 Å². The number of carbonyl (C=O) groups is 1. The van der Waals surface area contributed by atoms with Crippen molar-refractivity contribution in [3.63, 3.8) is 0 Å². The first kappa shape index (κ1) is 12.9. The van der Waals surface area contributed by atoms with Gasteiger partial charge in [0, 0.05) is 23.2 Å². The fourth-order valence-corrected chi connectivity index (χ4v) is 3.04. The molecule has 2 nitrogen and oxygen atoms in total. The van der Waals surface area contributed by atoms with Crippen molar-refractivity contribution < 1.29 is 4.79 Å². The summed E-state index contributed by atoms with van der Waals surface area (Å²) in [6, 6.07) is 10.8. The van der Waals surface area contributed by atoms with E-state index in [0.29, 0.717) is 0 Å². The zero-order valence-corrected chi connectivity index (χ0v) is 13.1. The molecule has 1 aliphatic carbocycles. The average Bonchev–Trinajstić information content (AvgIpc) is 3.15. The van der Waals surface area contributed by atoms with Gasteiger partial charge < -0.3 is 4.57 Å². The minimum absolute atomic E-state index is 0.123. The molecule has 1 fully saturated rings. The molecule has 0 unspecified atom stereocenters. The summed E-state index contributed by atoms with van der Waals surface area (Å²) < 4.78 is 3.15. The smallest absolute Gasteiger partial charge is 0.176 e. The lowest BCUT2D eigenvalue weighted by Crippen LogP contribution is -2.06. The Balaban J connectivity index is 1.82. The molecule has 0 spiro atoms. The van der Waals surface area contributed by atoms with Gasteiger partial charge in [-0.15, -0.1) is 0 Å². The highest BCUT2D eigenvalue weighted by atomic mass is 127. The molecule has 0 atom stereocenters. The Morgan fingerprint density at radius 1 is 1.32 bits per heavy atom. The van der Waals surface area contributed by atoms with Crippen LogP contribution >= 0.6 is 22.6 Å². The average molecular weight is 365 g/mol. The van der Waals surface area contributed by atoms with E-state index in [4.69, 9.17) is 0 Å². The van der Waals surface area contributed by atoms with Crippen LogP contribution in [0, 0.1) is 3.57 Å². The molecular formula is C16H16INO. The lowest BCUT2D eigenvalue weighted by Gasteiger charge is -2.08. The number of aromatic nitrogens is 1. The van der Waals surface area contributed by atoms with E-state index in [-0.39, 0.29) is 5.78 Å². The third-order valence-corrected chi connectivity index (χ3v) is 4.20. The largest absolute Gasteiger partial charge is 0.340 e. The maximum Gasteiger partial charge on any atom is 0.176 e. The van der Waals surface area contributed by atoms with Gasteiger partial charge in [0.05, 0.1) is 5.69 Å². The van der Waals surface area contributed by atoms with Gasteiger partial charge in [-0.1, -0.05) is 24.3 Å². The molecule has 98 valence electrons. The van der Waals surface area contributed by atoms with Gasteiger partial charge in [-0.05, 0) is 58.5 Å². The molecule has 1 saturated carbocycles. The van der Waals surface area contributed by atoms with Crippen LogP contribution in [0.3, 0.4) is 0 Å². The third-order valence-electron chi connectivity index (χ3n) is 3.61. The first-order valence-electron chi connectivity index (χ1n) is 6.59. The second-order valence-corrected chi connectivity index (χ2v) is 6.49. The topological polar surface area (TPSA) is 22.0 Å². The standard InChI is InChI=1S/C16H16INO/c1-11(19)16-8-15(17)10-18(16)9-12-2-4-13(5-3-12)14-6-7-14/h2-5,8,10,14H,6-7,9H2,1H3. The Labute approximate surface area is 127 Å². The summed E-state index contributed by atoms with van der Waals surface area (Å²) in [5.74, 6) is 0.923. The molecule has 2 aromatic rings. The molecule has 3 rings (SSSR count). The third kappa shape index (κ3) is 2.91. The fourth-order valence-electron chi connectivity index (χ4n) is 2.41. The summed E-state index contributed by atoms with van der Waals surface area (Å²) in [6.07, 6.45) is 4.71. The van der Waals surface area contributed by atoms with E-state index in [1.165, 1.54) is 24.0 Å². The normalized spacial score (nSPS) is 14.6. The van der Waals surface area contributed by atoms with Crippen molar-refractivity contribution >= 4 is 28.4 Å². The van der Waals surface area contributed by atoms with E-state index < -0.39 is 0 Å². The number of halogens is 1. The number of benzene rings is 1. The fraction of sp³-hybridized carbons (Fsp3) is 0.312. The Morgan fingerprint density at radius 3 is 2.58 bits per heavy atom. The summed E-state index contributed by atoms with van der Waals surface area (Å²) in [7, 11) is 0. The van der Waals surface area contributed by atoms with Crippen molar-refractivity contribution in [1.82, 2.24) is 4.57 Å². The van der Waals surface area contributed by atoms with Crippen LogP contribution in [0.2, 0.25) is 0 Å². The molecule has 3 heteroatoms. The highest BCUT2D eigenvalue weighted by molar-refractivity contribution is 14.1. The van der Waals surface area contributed by atoms with E-state index >= 15 is 0 Å². The molecule has 0 radical (unpaired) electrons. The van der Waals surface area contributed by atoms with Gasteiger partial charge >= 0.3 is 0 Å². The summed E-state index contributed by atoms with van der Waals surface area (Å²) in [5.41, 5.74) is 3.49.